The lowest BCUT2D eigenvalue weighted by Gasteiger charge is -2.43. The van der Waals surface area contributed by atoms with Crippen molar-refractivity contribution in [3.63, 3.8) is 0 Å². The Morgan fingerprint density at radius 1 is 0.800 bits per heavy atom. The van der Waals surface area contributed by atoms with Crippen molar-refractivity contribution in [1.29, 1.82) is 4.78 Å². The SMILES string of the molecule is CC(=O)OCC1OC(SSc2ccccc2S(=N)(=O)c2ccccc2)C(OC(C)=O)C(OC(C)=O)C1OC(C)=O. The largest absolute Gasteiger partial charge is 0.463 e. The lowest BCUT2D eigenvalue weighted by atomic mass is 9.99. The first-order valence-electron chi connectivity index (χ1n) is 12.0. The van der Waals surface area contributed by atoms with Crippen LogP contribution in [0.1, 0.15) is 27.7 Å². The number of hydrogen-bond acceptors (Lipinski definition) is 13. The smallest absolute Gasteiger partial charge is 0.303 e. The second-order valence-electron chi connectivity index (χ2n) is 8.56. The quantitative estimate of drug-likeness (QED) is 0.235. The van der Waals surface area contributed by atoms with E-state index in [-0.39, 0.29) is 11.5 Å². The molecular formula is C26H29NO10S3. The number of hydrogen-bond donors (Lipinski definition) is 1. The molecule has 2 aromatic rings. The molecule has 0 radical (unpaired) electrons. The molecule has 0 aromatic heterocycles. The fourth-order valence-corrected chi connectivity index (χ4v) is 8.40. The monoisotopic (exact) mass is 611 g/mol. The van der Waals surface area contributed by atoms with Gasteiger partial charge in [0.15, 0.2) is 23.7 Å². The Morgan fingerprint density at radius 2 is 1.35 bits per heavy atom. The third kappa shape index (κ3) is 8.22. The second kappa shape index (κ2) is 14.0. The van der Waals surface area contributed by atoms with E-state index < -0.39 is 63.5 Å². The number of rotatable bonds is 10. The van der Waals surface area contributed by atoms with Gasteiger partial charge in [0.25, 0.3) is 0 Å². The topological polar surface area (TPSA) is 155 Å². The Balaban J connectivity index is 1.97. The van der Waals surface area contributed by atoms with E-state index in [1.54, 1.807) is 54.6 Å². The van der Waals surface area contributed by atoms with E-state index >= 15 is 0 Å². The molecule has 6 unspecified atom stereocenters. The van der Waals surface area contributed by atoms with Crippen LogP contribution in [0.4, 0.5) is 0 Å². The standard InChI is InChI=1S/C26H29NO10S3/c1-15(28)33-14-20-23(34-16(2)29)24(35-17(3)30)25(36-18(4)31)26(37-20)39-38-21-12-8-9-13-22(21)40(27,32)19-10-6-5-7-11-19/h5-13,20,23-27H,14H2,1-4H3. The minimum Gasteiger partial charge on any atom is -0.463 e. The number of nitrogens with one attached hydrogen (secondary N) is 1. The maximum Gasteiger partial charge on any atom is 0.303 e. The summed E-state index contributed by atoms with van der Waals surface area (Å²) in [4.78, 5) is 48.6. The molecule has 14 heteroatoms. The van der Waals surface area contributed by atoms with Crippen LogP contribution in [0, 0.1) is 4.78 Å². The molecule has 0 spiro atoms. The van der Waals surface area contributed by atoms with E-state index in [0.29, 0.717) is 9.79 Å². The molecule has 2 aromatic carbocycles. The summed E-state index contributed by atoms with van der Waals surface area (Å²) < 4.78 is 49.8. The van der Waals surface area contributed by atoms with E-state index in [1.165, 1.54) is 6.92 Å². The van der Waals surface area contributed by atoms with Crippen molar-refractivity contribution in [3.8, 4) is 0 Å². The van der Waals surface area contributed by atoms with Gasteiger partial charge in [0.05, 0.1) is 9.79 Å². The van der Waals surface area contributed by atoms with Crippen molar-refractivity contribution in [2.75, 3.05) is 6.61 Å². The Hall–Kier alpha value is -3.07. The average Bonchev–Trinajstić information content (AvgIpc) is 2.89. The van der Waals surface area contributed by atoms with Gasteiger partial charge in [-0.3, -0.25) is 19.2 Å². The van der Waals surface area contributed by atoms with Crippen molar-refractivity contribution in [2.45, 2.75) is 72.2 Å². The summed E-state index contributed by atoms with van der Waals surface area (Å²) in [5, 5.41) is 0. The number of ether oxygens (including phenoxy) is 5. The summed E-state index contributed by atoms with van der Waals surface area (Å²) in [6.45, 7) is 4.31. The highest BCUT2D eigenvalue weighted by atomic mass is 33.1. The first-order chi connectivity index (χ1) is 18.9. The zero-order chi connectivity index (χ0) is 29.4. The Morgan fingerprint density at radius 3 is 1.95 bits per heavy atom. The predicted molar refractivity (Wildman–Crippen MR) is 146 cm³/mol. The third-order valence-electron chi connectivity index (χ3n) is 5.41. The molecule has 1 fully saturated rings. The maximum absolute atomic E-state index is 13.6. The predicted octanol–water partition coefficient (Wildman–Crippen LogP) is 3.97. The molecule has 6 atom stereocenters. The summed E-state index contributed by atoms with van der Waals surface area (Å²) in [5.41, 5.74) is -1.03. The van der Waals surface area contributed by atoms with Gasteiger partial charge in [-0.05, 0) is 24.3 Å². The normalized spacial score (nSPS) is 23.8. The summed E-state index contributed by atoms with van der Waals surface area (Å²) in [6, 6.07) is 15.1. The van der Waals surface area contributed by atoms with Gasteiger partial charge in [0.1, 0.15) is 22.4 Å². The number of benzene rings is 2. The first kappa shape index (κ1) is 31.5. The zero-order valence-electron chi connectivity index (χ0n) is 22.1. The van der Waals surface area contributed by atoms with Gasteiger partial charge in [-0.1, -0.05) is 51.9 Å². The van der Waals surface area contributed by atoms with E-state index in [2.05, 4.69) is 0 Å². The van der Waals surface area contributed by atoms with Gasteiger partial charge in [-0.15, -0.1) is 0 Å². The molecule has 11 nitrogen and oxygen atoms in total. The van der Waals surface area contributed by atoms with Crippen molar-refractivity contribution in [3.05, 3.63) is 54.6 Å². The van der Waals surface area contributed by atoms with E-state index in [4.69, 9.17) is 28.5 Å². The van der Waals surface area contributed by atoms with E-state index in [1.807, 2.05) is 0 Å². The molecule has 1 saturated heterocycles. The molecule has 1 heterocycles. The summed E-state index contributed by atoms with van der Waals surface area (Å²) in [6.07, 6.45) is -4.87. The number of carbonyl (C=O) groups is 4. The van der Waals surface area contributed by atoms with Crippen molar-refractivity contribution < 1.29 is 47.1 Å². The highest BCUT2D eigenvalue weighted by Gasteiger charge is 2.52. The highest BCUT2D eigenvalue weighted by molar-refractivity contribution is 8.76. The maximum atomic E-state index is 13.6. The fourth-order valence-electron chi connectivity index (χ4n) is 3.86. The van der Waals surface area contributed by atoms with Gasteiger partial charge < -0.3 is 23.7 Å². The van der Waals surface area contributed by atoms with Crippen LogP contribution in [-0.2, 0) is 52.6 Å². The Kier molecular flexibility index (Phi) is 11.0. The lowest BCUT2D eigenvalue weighted by Crippen LogP contribution is -2.61. The van der Waals surface area contributed by atoms with Crippen LogP contribution in [0.25, 0.3) is 0 Å². The molecule has 1 N–H and O–H groups in total. The zero-order valence-corrected chi connectivity index (χ0v) is 24.5. The summed E-state index contributed by atoms with van der Waals surface area (Å²) in [7, 11) is -1.21. The molecule has 0 saturated carbocycles. The van der Waals surface area contributed by atoms with Crippen LogP contribution in [0.15, 0.2) is 69.3 Å². The van der Waals surface area contributed by atoms with Gasteiger partial charge in [0, 0.05) is 32.6 Å². The van der Waals surface area contributed by atoms with Gasteiger partial charge in [-0.2, -0.15) is 0 Å². The molecule has 40 heavy (non-hydrogen) atoms. The van der Waals surface area contributed by atoms with E-state index in [0.717, 1.165) is 42.4 Å². The highest BCUT2D eigenvalue weighted by Crippen LogP contribution is 2.44. The van der Waals surface area contributed by atoms with Gasteiger partial charge in [-0.25, -0.2) is 8.99 Å². The van der Waals surface area contributed by atoms with Gasteiger partial charge >= 0.3 is 23.9 Å². The van der Waals surface area contributed by atoms with Crippen LogP contribution < -0.4 is 0 Å². The molecular weight excluding hydrogens is 582 g/mol. The molecule has 1 aliphatic heterocycles. The number of esters is 4. The van der Waals surface area contributed by atoms with Crippen molar-refractivity contribution in [1.82, 2.24) is 0 Å². The molecule has 216 valence electrons. The van der Waals surface area contributed by atoms with Crippen LogP contribution in [0.3, 0.4) is 0 Å². The molecule has 0 aliphatic carbocycles. The first-order valence-corrected chi connectivity index (χ1v) is 15.7. The second-order valence-corrected chi connectivity index (χ2v) is 12.9. The molecule has 1 aliphatic rings. The van der Waals surface area contributed by atoms with E-state index in [9.17, 15) is 23.4 Å². The lowest BCUT2D eigenvalue weighted by molar-refractivity contribution is -0.237. The van der Waals surface area contributed by atoms with Gasteiger partial charge in [0.2, 0.25) is 0 Å². The van der Waals surface area contributed by atoms with Crippen molar-refractivity contribution in [2.24, 2.45) is 0 Å². The van der Waals surface area contributed by atoms with Crippen LogP contribution in [0.2, 0.25) is 0 Å². The van der Waals surface area contributed by atoms with Crippen molar-refractivity contribution >= 4 is 55.2 Å². The molecule has 3 rings (SSSR count). The summed E-state index contributed by atoms with van der Waals surface area (Å²) in [5.74, 6) is -2.78. The van der Waals surface area contributed by atoms with Crippen LogP contribution >= 0.6 is 21.6 Å². The summed E-state index contributed by atoms with van der Waals surface area (Å²) >= 11 is 0. The van der Waals surface area contributed by atoms with Crippen LogP contribution in [-0.4, -0.2) is 64.5 Å². The molecule has 0 bridgehead atoms. The Bertz CT molecular complexity index is 1340. The molecule has 0 amide bonds. The third-order valence-corrected chi connectivity index (χ3v) is 10.1. The number of carbonyl (C=O) groups excluding carboxylic acids is 4. The fraction of sp³-hybridized carbons (Fsp3) is 0.385. The minimum atomic E-state index is -3.38. The Labute approximate surface area is 240 Å². The van der Waals surface area contributed by atoms with Crippen LogP contribution in [0.5, 0.6) is 0 Å². The average molecular weight is 612 g/mol. The minimum absolute atomic E-state index is 0.268.